The van der Waals surface area contributed by atoms with E-state index in [1.165, 1.54) is 0 Å². The van der Waals surface area contributed by atoms with Gasteiger partial charge in [0, 0.05) is 19.0 Å². The Kier molecular flexibility index (Phi) is 9.03. The van der Waals surface area contributed by atoms with E-state index in [1.807, 2.05) is 48.5 Å². The Morgan fingerprint density at radius 1 is 1.02 bits per heavy atom. The van der Waals surface area contributed by atoms with E-state index < -0.39 is 38.8 Å². The van der Waals surface area contributed by atoms with Gasteiger partial charge in [0.1, 0.15) is 0 Å². The van der Waals surface area contributed by atoms with Crippen LogP contribution in [0.5, 0.6) is 0 Å². The summed E-state index contributed by atoms with van der Waals surface area (Å²) in [5, 5.41) is 12.5. The summed E-state index contributed by atoms with van der Waals surface area (Å²) in [7, 11) is -4.37. The highest BCUT2D eigenvalue weighted by atomic mass is 32.2. The number of amides is 1. The molecule has 1 saturated heterocycles. The number of fused-ring (bicyclic) bond motifs is 1. The van der Waals surface area contributed by atoms with Crippen LogP contribution >= 0.6 is 0 Å². The third-order valence-corrected chi connectivity index (χ3v) is 9.80. The van der Waals surface area contributed by atoms with Crippen LogP contribution in [0.2, 0.25) is 0 Å². The van der Waals surface area contributed by atoms with Gasteiger partial charge in [-0.25, -0.2) is 8.42 Å². The van der Waals surface area contributed by atoms with Crippen LogP contribution in [0.25, 0.3) is 0 Å². The lowest BCUT2D eigenvalue weighted by Gasteiger charge is -2.28. The minimum Gasteiger partial charge on any atom is -0.392 e. The predicted molar refractivity (Wildman–Crippen MR) is 150 cm³/mol. The normalized spacial score (nSPS) is 21.2. The van der Waals surface area contributed by atoms with Gasteiger partial charge in [-0.05, 0) is 66.1 Å². The minimum absolute atomic E-state index is 0.0737. The Morgan fingerprint density at radius 2 is 1.81 bits per heavy atom. The third kappa shape index (κ3) is 6.86. The first-order valence-corrected chi connectivity index (χ1v) is 15.3. The second kappa shape index (κ2) is 12.5. The average Bonchev–Trinajstić information content (AvgIpc) is 3.39. The fourth-order valence-electron chi connectivity index (χ4n) is 5.79. The number of carbonyl (C=O) groups excluding carboxylic acids is 1. The molecule has 1 aliphatic heterocycles. The predicted octanol–water partition coefficient (Wildman–Crippen LogP) is 5.13. The highest BCUT2D eigenvalue weighted by molar-refractivity contribution is 7.89. The molecule has 1 fully saturated rings. The molecule has 2 aliphatic rings. The molecule has 2 N–H and O–H groups in total. The summed E-state index contributed by atoms with van der Waals surface area (Å²) in [6.45, 7) is 0.0752. The van der Waals surface area contributed by atoms with E-state index in [0.29, 0.717) is 6.07 Å². The fraction of sp³-hybridized carbons (Fsp3) is 0.387. The van der Waals surface area contributed by atoms with Crippen LogP contribution in [-0.4, -0.2) is 42.4 Å². The third-order valence-electron chi connectivity index (χ3n) is 7.88. The monoisotopic (exact) mass is 602 g/mol. The fourth-order valence-corrected chi connectivity index (χ4v) is 7.50. The number of nitrogens with one attached hydrogen (secondary N) is 1. The van der Waals surface area contributed by atoms with Crippen molar-refractivity contribution in [3.05, 3.63) is 101 Å². The highest BCUT2D eigenvalue weighted by Crippen LogP contribution is 2.35. The summed E-state index contributed by atoms with van der Waals surface area (Å²) < 4.78 is 74.7. The summed E-state index contributed by atoms with van der Waals surface area (Å²) in [5.41, 5.74) is 2.65. The Morgan fingerprint density at radius 3 is 2.55 bits per heavy atom. The molecular weight excluding hydrogens is 569 g/mol. The lowest BCUT2D eigenvalue weighted by Crippen LogP contribution is -2.40. The molecular formula is C31H33F3N2O5S. The zero-order valence-corrected chi connectivity index (χ0v) is 23.7. The first-order chi connectivity index (χ1) is 20.0. The van der Waals surface area contributed by atoms with Crippen LogP contribution in [0, 0.1) is 0 Å². The Bertz CT molecular complexity index is 1510. The van der Waals surface area contributed by atoms with Gasteiger partial charge in [0.05, 0.1) is 35.8 Å². The molecule has 0 bridgehead atoms. The standard InChI is InChI=1S/C31H33F3N2O5S/c32-31(33,34)24-9-5-10-27(15-24)42(39,40)36-18-26(41-20-21-6-2-1-3-7-21)16-25(36)17-30(38)35-29-11-4-8-23-14-22(19-37)12-13-28(23)29/h1-3,5-7,9-10,12-15,25-26,29,37H,4,8,11,16-20H2,(H,35,38). The number of aliphatic hydroxyl groups is 1. The van der Waals surface area contributed by atoms with Gasteiger partial charge >= 0.3 is 6.18 Å². The summed E-state index contributed by atoms with van der Waals surface area (Å²) in [6, 6.07) is 17.6. The van der Waals surface area contributed by atoms with Gasteiger partial charge in [-0.3, -0.25) is 4.79 Å². The van der Waals surface area contributed by atoms with Crippen molar-refractivity contribution in [2.24, 2.45) is 0 Å². The first-order valence-electron chi connectivity index (χ1n) is 13.9. The number of halogens is 3. The quantitative estimate of drug-likeness (QED) is 0.354. The van der Waals surface area contributed by atoms with E-state index >= 15 is 0 Å². The van der Waals surface area contributed by atoms with E-state index in [4.69, 9.17) is 4.74 Å². The molecule has 0 spiro atoms. The number of benzene rings is 3. The van der Waals surface area contributed by atoms with Crippen molar-refractivity contribution in [1.29, 1.82) is 0 Å². The minimum atomic E-state index is -4.70. The van der Waals surface area contributed by atoms with E-state index in [0.717, 1.165) is 64.0 Å². The zero-order valence-electron chi connectivity index (χ0n) is 22.9. The van der Waals surface area contributed by atoms with Gasteiger partial charge in [0.15, 0.2) is 0 Å². The topological polar surface area (TPSA) is 95.9 Å². The smallest absolute Gasteiger partial charge is 0.392 e. The second-order valence-electron chi connectivity index (χ2n) is 10.8. The Hall–Kier alpha value is -3.25. The zero-order chi connectivity index (χ0) is 29.9. The van der Waals surface area contributed by atoms with Gasteiger partial charge < -0.3 is 15.2 Å². The van der Waals surface area contributed by atoms with Gasteiger partial charge in [0.2, 0.25) is 15.9 Å². The average molecular weight is 603 g/mol. The summed E-state index contributed by atoms with van der Waals surface area (Å²) in [5.74, 6) is -0.350. The van der Waals surface area contributed by atoms with Crippen molar-refractivity contribution in [1.82, 2.24) is 9.62 Å². The number of alkyl halides is 3. The number of nitrogens with zero attached hydrogens (tertiary/aromatic N) is 1. The van der Waals surface area contributed by atoms with Crippen molar-refractivity contribution < 1.29 is 36.2 Å². The lowest BCUT2D eigenvalue weighted by atomic mass is 9.86. The van der Waals surface area contributed by atoms with Gasteiger partial charge in [-0.1, -0.05) is 54.6 Å². The molecule has 1 aliphatic carbocycles. The van der Waals surface area contributed by atoms with E-state index in [1.54, 1.807) is 0 Å². The Labute approximate surface area is 243 Å². The number of sulfonamides is 1. The maximum Gasteiger partial charge on any atom is 0.416 e. The second-order valence-corrected chi connectivity index (χ2v) is 12.7. The van der Waals surface area contributed by atoms with Crippen LogP contribution in [0.3, 0.4) is 0 Å². The number of aryl methyl sites for hydroxylation is 1. The summed E-state index contributed by atoms with van der Waals surface area (Å²) >= 11 is 0. The van der Waals surface area contributed by atoms with Crippen molar-refractivity contribution >= 4 is 15.9 Å². The first kappa shape index (κ1) is 30.2. The van der Waals surface area contributed by atoms with Crippen LogP contribution in [-0.2, 0) is 45.4 Å². The van der Waals surface area contributed by atoms with Gasteiger partial charge in [-0.2, -0.15) is 17.5 Å². The molecule has 1 heterocycles. The summed E-state index contributed by atoms with van der Waals surface area (Å²) in [4.78, 5) is 12.8. The molecule has 7 nitrogen and oxygen atoms in total. The number of carbonyl (C=O) groups is 1. The SMILES string of the molecule is O=C(CC1CC(OCc2ccccc2)CN1S(=O)(=O)c1cccc(C(F)(F)F)c1)NC1CCCc2cc(CO)ccc21. The largest absolute Gasteiger partial charge is 0.416 e. The summed E-state index contributed by atoms with van der Waals surface area (Å²) in [6.07, 6.45) is -2.79. The van der Waals surface area contributed by atoms with Crippen LogP contribution in [0.4, 0.5) is 13.2 Å². The molecule has 11 heteroatoms. The van der Waals surface area contributed by atoms with Gasteiger partial charge in [-0.15, -0.1) is 0 Å². The molecule has 224 valence electrons. The van der Waals surface area contributed by atoms with Crippen molar-refractivity contribution in [2.45, 2.75) is 74.6 Å². The maximum absolute atomic E-state index is 13.7. The highest BCUT2D eigenvalue weighted by Gasteiger charge is 2.42. The molecule has 0 saturated carbocycles. The molecule has 3 aromatic carbocycles. The molecule has 3 aromatic rings. The molecule has 5 rings (SSSR count). The maximum atomic E-state index is 13.7. The number of hydrogen-bond donors (Lipinski definition) is 2. The number of rotatable bonds is 9. The lowest BCUT2D eigenvalue weighted by molar-refractivity contribution is -0.137. The van der Waals surface area contributed by atoms with Crippen LogP contribution in [0.1, 0.15) is 59.5 Å². The number of hydrogen-bond acceptors (Lipinski definition) is 5. The van der Waals surface area contributed by atoms with Crippen LogP contribution in [0.15, 0.2) is 77.7 Å². The Balaban J connectivity index is 1.35. The molecule has 3 atom stereocenters. The van der Waals surface area contributed by atoms with E-state index in [9.17, 15) is 31.5 Å². The van der Waals surface area contributed by atoms with Crippen molar-refractivity contribution in [2.75, 3.05) is 6.54 Å². The van der Waals surface area contributed by atoms with Crippen molar-refractivity contribution in [3.63, 3.8) is 0 Å². The molecule has 1 amide bonds. The van der Waals surface area contributed by atoms with E-state index in [2.05, 4.69) is 5.32 Å². The van der Waals surface area contributed by atoms with Crippen LogP contribution < -0.4 is 5.32 Å². The van der Waals surface area contributed by atoms with Crippen molar-refractivity contribution in [3.8, 4) is 0 Å². The number of ether oxygens (including phenoxy) is 1. The van der Waals surface area contributed by atoms with E-state index in [-0.39, 0.29) is 44.5 Å². The molecule has 0 radical (unpaired) electrons. The molecule has 3 unspecified atom stereocenters. The number of aliphatic hydroxyl groups excluding tert-OH is 1. The molecule has 42 heavy (non-hydrogen) atoms. The van der Waals surface area contributed by atoms with Gasteiger partial charge in [0.25, 0.3) is 0 Å². The molecule has 0 aromatic heterocycles.